The van der Waals surface area contributed by atoms with Crippen LogP contribution >= 0.6 is 0 Å². The maximum Gasteiger partial charge on any atom is 0.0107 e. The molecule has 1 N–H and O–H groups in total. The lowest BCUT2D eigenvalue weighted by Crippen LogP contribution is -2.61. The van der Waals surface area contributed by atoms with Crippen LogP contribution in [0.15, 0.2) is 0 Å². The van der Waals surface area contributed by atoms with Gasteiger partial charge in [-0.1, -0.05) is 6.92 Å². The van der Waals surface area contributed by atoms with E-state index in [0.29, 0.717) is 5.41 Å². The second-order valence-electron chi connectivity index (χ2n) is 5.66. The number of likely N-dealkylation sites (tertiary alicyclic amines) is 2. The number of nitrogens with one attached hydrogen (secondary N) is 1. The lowest BCUT2D eigenvalue weighted by atomic mass is 9.72. The molecule has 94 valence electrons. The fraction of sp³-hybridized carbons (Fsp3) is 1.00. The Morgan fingerprint density at radius 2 is 1.75 bits per heavy atom. The van der Waals surface area contributed by atoms with Gasteiger partial charge in [0, 0.05) is 26.2 Å². The van der Waals surface area contributed by atoms with Gasteiger partial charge in [0.05, 0.1) is 0 Å². The molecule has 0 amide bonds. The summed E-state index contributed by atoms with van der Waals surface area (Å²) in [7, 11) is 2.04. The first-order chi connectivity index (χ1) is 7.78. The first kappa shape index (κ1) is 12.3. The molecule has 0 atom stereocenters. The fourth-order valence-electron chi connectivity index (χ4n) is 3.21. The second kappa shape index (κ2) is 5.48. The quantitative estimate of drug-likeness (QED) is 0.753. The number of rotatable bonds is 5. The molecule has 0 aromatic rings. The molecule has 0 bridgehead atoms. The van der Waals surface area contributed by atoms with Crippen molar-refractivity contribution in [3.63, 3.8) is 0 Å². The van der Waals surface area contributed by atoms with E-state index in [-0.39, 0.29) is 0 Å². The number of nitrogens with zero attached hydrogens (tertiary/aromatic N) is 2. The second-order valence-corrected chi connectivity index (χ2v) is 5.66. The molecule has 2 rings (SSSR count). The Bertz CT molecular complexity index is 194. The zero-order chi connectivity index (χ0) is 11.4. The minimum Gasteiger partial charge on any atom is -0.318 e. The molecule has 1 spiro atoms. The minimum absolute atomic E-state index is 0.706. The van der Waals surface area contributed by atoms with E-state index in [1.54, 1.807) is 0 Å². The van der Waals surface area contributed by atoms with E-state index in [4.69, 9.17) is 0 Å². The molecular formula is C13H27N3. The largest absolute Gasteiger partial charge is 0.318 e. The summed E-state index contributed by atoms with van der Waals surface area (Å²) >= 11 is 0. The third kappa shape index (κ3) is 2.76. The van der Waals surface area contributed by atoms with Gasteiger partial charge >= 0.3 is 0 Å². The Balaban J connectivity index is 1.66. The zero-order valence-corrected chi connectivity index (χ0v) is 11.0. The Hall–Kier alpha value is -0.120. The van der Waals surface area contributed by atoms with E-state index in [9.17, 15) is 0 Å². The van der Waals surface area contributed by atoms with Gasteiger partial charge < -0.3 is 15.1 Å². The van der Waals surface area contributed by atoms with E-state index in [1.807, 2.05) is 7.05 Å². The van der Waals surface area contributed by atoms with Gasteiger partial charge in [-0.2, -0.15) is 0 Å². The summed E-state index contributed by atoms with van der Waals surface area (Å²) in [5.41, 5.74) is 0.706. The molecule has 0 aliphatic carbocycles. The van der Waals surface area contributed by atoms with Crippen molar-refractivity contribution in [3.05, 3.63) is 0 Å². The maximum absolute atomic E-state index is 3.23. The van der Waals surface area contributed by atoms with Crippen LogP contribution in [0.25, 0.3) is 0 Å². The van der Waals surface area contributed by atoms with Gasteiger partial charge in [-0.15, -0.1) is 0 Å². The first-order valence-corrected chi connectivity index (χ1v) is 6.87. The molecule has 0 saturated carbocycles. The van der Waals surface area contributed by atoms with Crippen molar-refractivity contribution in [3.8, 4) is 0 Å². The van der Waals surface area contributed by atoms with Gasteiger partial charge in [0.1, 0.15) is 0 Å². The van der Waals surface area contributed by atoms with E-state index >= 15 is 0 Å². The lowest BCUT2D eigenvalue weighted by Gasteiger charge is -2.54. The normalized spacial score (nSPS) is 25.9. The third-order valence-electron chi connectivity index (χ3n) is 4.25. The van der Waals surface area contributed by atoms with Gasteiger partial charge in [0.25, 0.3) is 0 Å². The SMILES string of the molecule is CCCN1CCC2(CC1)CN(CCNC)C2. The average molecular weight is 225 g/mol. The van der Waals surface area contributed by atoms with Crippen LogP contribution in [-0.2, 0) is 0 Å². The standard InChI is InChI=1S/C13H27N3/c1-3-7-15-8-4-13(5-9-15)11-16(12-13)10-6-14-2/h14H,3-12H2,1-2H3. The average Bonchev–Trinajstić information content (AvgIpc) is 2.26. The van der Waals surface area contributed by atoms with Crippen LogP contribution in [0.5, 0.6) is 0 Å². The van der Waals surface area contributed by atoms with E-state index in [2.05, 4.69) is 22.0 Å². The number of piperidine rings is 1. The van der Waals surface area contributed by atoms with E-state index < -0.39 is 0 Å². The van der Waals surface area contributed by atoms with E-state index in [0.717, 1.165) is 6.54 Å². The molecule has 2 aliphatic heterocycles. The van der Waals surface area contributed by atoms with Gasteiger partial charge in [-0.3, -0.25) is 0 Å². The van der Waals surface area contributed by atoms with Gasteiger partial charge in [-0.25, -0.2) is 0 Å². The van der Waals surface area contributed by atoms with Crippen LogP contribution in [0.1, 0.15) is 26.2 Å². The Morgan fingerprint density at radius 3 is 2.31 bits per heavy atom. The highest BCUT2D eigenvalue weighted by molar-refractivity contribution is 4.98. The molecule has 0 aromatic heterocycles. The summed E-state index contributed by atoms with van der Waals surface area (Å²) in [4.78, 5) is 5.24. The molecule has 0 unspecified atom stereocenters. The Labute approximate surface area is 100 Å². The van der Waals surface area contributed by atoms with Crippen molar-refractivity contribution < 1.29 is 0 Å². The monoisotopic (exact) mass is 225 g/mol. The maximum atomic E-state index is 3.23. The first-order valence-electron chi connectivity index (χ1n) is 6.87. The smallest absolute Gasteiger partial charge is 0.0107 e. The lowest BCUT2D eigenvalue weighted by molar-refractivity contribution is -0.0450. The molecule has 3 nitrogen and oxygen atoms in total. The summed E-state index contributed by atoms with van der Waals surface area (Å²) in [5, 5.41) is 3.23. The molecule has 3 heteroatoms. The highest BCUT2D eigenvalue weighted by atomic mass is 15.2. The van der Waals surface area contributed by atoms with Crippen LogP contribution < -0.4 is 5.32 Å². The van der Waals surface area contributed by atoms with Crippen LogP contribution in [0.2, 0.25) is 0 Å². The van der Waals surface area contributed by atoms with Crippen LogP contribution in [0, 0.1) is 5.41 Å². The van der Waals surface area contributed by atoms with Gasteiger partial charge in [-0.05, 0) is 51.4 Å². The number of hydrogen-bond donors (Lipinski definition) is 1. The Morgan fingerprint density at radius 1 is 1.06 bits per heavy atom. The van der Waals surface area contributed by atoms with Crippen molar-refractivity contribution in [2.45, 2.75) is 26.2 Å². The molecule has 2 heterocycles. The minimum atomic E-state index is 0.706. The molecule has 0 aromatic carbocycles. The molecular weight excluding hydrogens is 198 g/mol. The van der Waals surface area contributed by atoms with Crippen molar-refractivity contribution in [2.75, 3.05) is 52.9 Å². The van der Waals surface area contributed by atoms with Crippen molar-refractivity contribution in [2.24, 2.45) is 5.41 Å². The summed E-state index contributed by atoms with van der Waals surface area (Å²) in [6, 6.07) is 0. The van der Waals surface area contributed by atoms with E-state index in [1.165, 1.54) is 58.5 Å². The summed E-state index contributed by atoms with van der Waals surface area (Å²) in [6.45, 7) is 11.4. The molecule has 16 heavy (non-hydrogen) atoms. The summed E-state index contributed by atoms with van der Waals surface area (Å²) in [5.74, 6) is 0. The van der Waals surface area contributed by atoms with Gasteiger partial charge in [0.2, 0.25) is 0 Å². The number of likely N-dealkylation sites (N-methyl/N-ethyl adjacent to an activating group) is 1. The van der Waals surface area contributed by atoms with Crippen molar-refractivity contribution in [1.82, 2.24) is 15.1 Å². The molecule has 2 fully saturated rings. The summed E-state index contributed by atoms with van der Waals surface area (Å²) < 4.78 is 0. The van der Waals surface area contributed by atoms with Crippen LogP contribution in [0.4, 0.5) is 0 Å². The van der Waals surface area contributed by atoms with Crippen molar-refractivity contribution in [1.29, 1.82) is 0 Å². The van der Waals surface area contributed by atoms with Crippen molar-refractivity contribution >= 4 is 0 Å². The molecule has 2 saturated heterocycles. The molecule has 2 aliphatic rings. The number of hydrogen-bond acceptors (Lipinski definition) is 3. The topological polar surface area (TPSA) is 18.5 Å². The summed E-state index contributed by atoms with van der Waals surface area (Å²) in [6.07, 6.45) is 4.17. The van der Waals surface area contributed by atoms with Crippen LogP contribution in [0.3, 0.4) is 0 Å². The molecule has 0 radical (unpaired) electrons. The zero-order valence-electron chi connectivity index (χ0n) is 11.0. The Kier molecular flexibility index (Phi) is 4.22. The fourth-order valence-corrected chi connectivity index (χ4v) is 3.21. The van der Waals surface area contributed by atoms with Crippen LogP contribution in [-0.4, -0.2) is 62.7 Å². The highest BCUT2D eigenvalue weighted by Crippen LogP contribution is 2.39. The van der Waals surface area contributed by atoms with Gasteiger partial charge in [0.15, 0.2) is 0 Å². The highest BCUT2D eigenvalue weighted by Gasteiger charge is 2.43. The predicted octanol–water partition coefficient (Wildman–Crippen LogP) is 1.01. The predicted molar refractivity (Wildman–Crippen MR) is 68.8 cm³/mol. The third-order valence-corrected chi connectivity index (χ3v) is 4.25.